The number of hydrogen-bond donors (Lipinski definition) is 1. The zero-order chi connectivity index (χ0) is 15.8. The third-order valence-corrected chi connectivity index (χ3v) is 5.69. The highest BCUT2D eigenvalue weighted by atomic mass is 32.2. The minimum absolute atomic E-state index is 0.0170. The number of nitrogens with zero attached hydrogens (tertiary/aromatic N) is 2. The van der Waals surface area contributed by atoms with Crippen molar-refractivity contribution < 1.29 is 12.8 Å². The molecule has 118 valence electrons. The molecule has 0 bridgehead atoms. The molecule has 0 aliphatic carbocycles. The van der Waals surface area contributed by atoms with E-state index in [9.17, 15) is 12.8 Å². The molecule has 0 amide bonds. The van der Waals surface area contributed by atoms with Crippen molar-refractivity contribution in [3.8, 4) is 0 Å². The summed E-state index contributed by atoms with van der Waals surface area (Å²) in [5.41, 5.74) is 5.35. The van der Waals surface area contributed by atoms with Gasteiger partial charge >= 0.3 is 0 Å². The lowest BCUT2D eigenvalue weighted by atomic mass is 10.1. The van der Waals surface area contributed by atoms with Crippen molar-refractivity contribution in [2.45, 2.75) is 31.2 Å². The predicted octanol–water partition coefficient (Wildman–Crippen LogP) is 1.51. The molecule has 0 atom stereocenters. The maximum Gasteiger partial charge on any atom is 0.243 e. The molecule has 1 saturated heterocycles. The molecule has 1 aliphatic heterocycles. The van der Waals surface area contributed by atoms with E-state index in [0.717, 1.165) is 6.07 Å². The van der Waals surface area contributed by atoms with Crippen LogP contribution < -0.4 is 5.73 Å². The van der Waals surface area contributed by atoms with Gasteiger partial charge in [-0.05, 0) is 39.0 Å². The van der Waals surface area contributed by atoms with E-state index in [1.807, 2.05) is 0 Å². The van der Waals surface area contributed by atoms with Crippen molar-refractivity contribution in [1.29, 1.82) is 0 Å². The normalized spacial score (nSPS) is 18.9. The van der Waals surface area contributed by atoms with Crippen LogP contribution in [0.2, 0.25) is 0 Å². The molecule has 0 unspecified atom stereocenters. The van der Waals surface area contributed by atoms with Crippen LogP contribution in [0.3, 0.4) is 0 Å². The molecule has 1 heterocycles. The summed E-state index contributed by atoms with van der Waals surface area (Å²) in [7, 11) is -3.66. The third-order valence-electron chi connectivity index (χ3n) is 3.80. The van der Waals surface area contributed by atoms with E-state index in [1.54, 1.807) is 0 Å². The van der Waals surface area contributed by atoms with E-state index < -0.39 is 15.8 Å². The van der Waals surface area contributed by atoms with Crippen LogP contribution >= 0.6 is 0 Å². The van der Waals surface area contributed by atoms with Gasteiger partial charge < -0.3 is 5.73 Å². The van der Waals surface area contributed by atoms with Gasteiger partial charge in [0, 0.05) is 31.7 Å². The van der Waals surface area contributed by atoms with Gasteiger partial charge in [-0.3, -0.25) is 4.90 Å². The Labute approximate surface area is 125 Å². The van der Waals surface area contributed by atoms with Crippen LogP contribution in [0.25, 0.3) is 0 Å². The SMILES string of the molecule is CC(C)(C)N1CCN(S(=O)(=O)c2ccc(N)c(F)c2)CC1. The summed E-state index contributed by atoms with van der Waals surface area (Å²) in [5.74, 6) is -0.704. The largest absolute Gasteiger partial charge is 0.396 e. The van der Waals surface area contributed by atoms with Gasteiger partial charge in [0.1, 0.15) is 5.82 Å². The Balaban J connectivity index is 2.17. The first-order chi connectivity index (χ1) is 9.62. The molecule has 2 N–H and O–H groups in total. The van der Waals surface area contributed by atoms with Gasteiger partial charge in [0.05, 0.1) is 10.6 Å². The van der Waals surface area contributed by atoms with Crippen molar-refractivity contribution >= 4 is 15.7 Å². The molecule has 1 aliphatic rings. The highest BCUT2D eigenvalue weighted by molar-refractivity contribution is 7.89. The van der Waals surface area contributed by atoms with E-state index in [-0.39, 0.29) is 16.1 Å². The Kier molecular flexibility index (Phi) is 4.28. The van der Waals surface area contributed by atoms with Gasteiger partial charge in [-0.25, -0.2) is 12.8 Å². The smallest absolute Gasteiger partial charge is 0.243 e. The number of halogens is 1. The number of nitrogen functional groups attached to an aromatic ring is 1. The maximum absolute atomic E-state index is 13.5. The van der Waals surface area contributed by atoms with E-state index in [0.29, 0.717) is 26.2 Å². The minimum Gasteiger partial charge on any atom is -0.396 e. The van der Waals surface area contributed by atoms with Crippen molar-refractivity contribution in [3.05, 3.63) is 24.0 Å². The lowest BCUT2D eigenvalue weighted by Crippen LogP contribution is -2.54. The number of rotatable bonds is 2. The second-order valence-electron chi connectivity index (χ2n) is 6.25. The molecule has 1 aromatic carbocycles. The Hall–Kier alpha value is -1.18. The zero-order valence-electron chi connectivity index (χ0n) is 12.6. The molecule has 0 aromatic heterocycles. The third kappa shape index (κ3) is 3.36. The fourth-order valence-corrected chi connectivity index (χ4v) is 3.85. The van der Waals surface area contributed by atoms with Crippen LogP contribution in [0.4, 0.5) is 10.1 Å². The monoisotopic (exact) mass is 315 g/mol. The number of anilines is 1. The molecule has 21 heavy (non-hydrogen) atoms. The zero-order valence-corrected chi connectivity index (χ0v) is 13.5. The summed E-state index contributed by atoms with van der Waals surface area (Å²) in [5, 5.41) is 0. The molecule has 7 heteroatoms. The maximum atomic E-state index is 13.5. The predicted molar refractivity (Wildman–Crippen MR) is 80.9 cm³/mol. The fourth-order valence-electron chi connectivity index (χ4n) is 2.42. The van der Waals surface area contributed by atoms with Gasteiger partial charge in [-0.15, -0.1) is 0 Å². The van der Waals surface area contributed by atoms with Gasteiger partial charge in [0.25, 0.3) is 0 Å². The average molecular weight is 315 g/mol. The first-order valence-corrected chi connectivity index (χ1v) is 8.36. The minimum atomic E-state index is -3.66. The van der Waals surface area contributed by atoms with E-state index in [2.05, 4.69) is 25.7 Å². The topological polar surface area (TPSA) is 66.6 Å². The van der Waals surface area contributed by atoms with Crippen LogP contribution in [0, 0.1) is 5.82 Å². The number of hydrogen-bond acceptors (Lipinski definition) is 4. The summed E-state index contributed by atoms with van der Waals surface area (Å²) in [4.78, 5) is 2.20. The van der Waals surface area contributed by atoms with Crippen LogP contribution in [-0.4, -0.2) is 49.3 Å². The van der Waals surface area contributed by atoms with E-state index >= 15 is 0 Å². The summed E-state index contributed by atoms with van der Waals surface area (Å²) in [6, 6.07) is 3.62. The van der Waals surface area contributed by atoms with Gasteiger partial charge in [0.2, 0.25) is 10.0 Å². The van der Waals surface area contributed by atoms with Gasteiger partial charge in [-0.2, -0.15) is 4.31 Å². The van der Waals surface area contributed by atoms with Crippen LogP contribution in [0.15, 0.2) is 23.1 Å². The number of piperazine rings is 1. The van der Waals surface area contributed by atoms with Crippen LogP contribution in [0.1, 0.15) is 20.8 Å². The number of nitrogens with two attached hydrogens (primary N) is 1. The summed E-state index contributed by atoms with van der Waals surface area (Å²) >= 11 is 0. The highest BCUT2D eigenvalue weighted by Gasteiger charge is 2.32. The molecule has 1 fully saturated rings. The lowest BCUT2D eigenvalue weighted by Gasteiger charge is -2.41. The molecule has 0 spiro atoms. The first kappa shape index (κ1) is 16.2. The summed E-state index contributed by atoms with van der Waals surface area (Å²) in [6.07, 6.45) is 0. The number of benzene rings is 1. The van der Waals surface area contributed by atoms with Crippen molar-refractivity contribution in [3.63, 3.8) is 0 Å². The second kappa shape index (κ2) is 5.55. The van der Waals surface area contributed by atoms with Gasteiger partial charge in [0.15, 0.2) is 0 Å². The Morgan fingerprint density at radius 3 is 2.19 bits per heavy atom. The second-order valence-corrected chi connectivity index (χ2v) is 8.18. The Morgan fingerprint density at radius 2 is 1.71 bits per heavy atom. The molecule has 2 rings (SSSR count). The van der Waals surface area contributed by atoms with Crippen molar-refractivity contribution in [2.24, 2.45) is 0 Å². The Bertz CT molecular complexity index is 618. The first-order valence-electron chi connectivity index (χ1n) is 6.92. The summed E-state index contributed by atoms with van der Waals surface area (Å²) < 4.78 is 39.9. The highest BCUT2D eigenvalue weighted by Crippen LogP contribution is 2.23. The fraction of sp³-hybridized carbons (Fsp3) is 0.571. The average Bonchev–Trinajstić information content (AvgIpc) is 2.41. The Morgan fingerprint density at radius 1 is 1.14 bits per heavy atom. The van der Waals surface area contributed by atoms with Crippen molar-refractivity contribution in [2.75, 3.05) is 31.9 Å². The molecular weight excluding hydrogens is 293 g/mol. The lowest BCUT2D eigenvalue weighted by molar-refractivity contribution is 0.0922. The molecule has 1 aromatic rings. The standard InChI is InChI=1S/C14H22FN3O2S/c1-14(2,3)17-6-8-18(9-7-17)21(19,20)11-4-5-13(16)12(15)10-11/h4-5,10H,6-9,16H2,1-3H3. The molecule has 0 radical (unpaired) electrons. The van der Waals surface area contributed by atoms with Crippen LogP contribution in [0.5, 0.6) is 0 Å². The molecule has 5 nitrogen and oxygen atoms in total. The number of sulfonamides is 1. The quantitative estimate of drug-likeness (QED) is 0.840. The van der Waals surface area contributed by atoms with Crippen molar-refractivity contribution in [1.82, 2.24) is 9.21 Å². The van der Waals surface area contributed by atoms with Gasteiger partial charge in [-0.1, -0.05) is 0 Å². The van der Waals surface area contributed by atoms with E-state index in [1.165, 1.54) is 16.4 Å². The summed E-state index contributed by atoms with van der Waals surface area (Å²) in [6.45, 7) is 8.46. The van der Waals surface area contributed by atoms with Crippen LogP contribution in [-0.2, 0) is 10.0 Å². The van der Waals surface area contributed by atoms with E-state index in [4.69, 9.17) is 5.73 Å². The molecular formula is C14H22FN3O2S. The molecule has 0 saturated carbocycles.